The summed E-state index contributed by atoms with van der Waals surface area (Å²) in [6.07, 6.45) is -2.85. The van der Waals surface area contributed by atoms with E-state index in [2.05, 4.69) is 9.94 Å². The summed E-state index contributed by atoms with van der Waals surface area (Å²) in [7, 11) is 0. The fourth-order valence-corrected chi connectivity index (χ4v) is 1.41. The third kappa shape index (κ3) is 3.26. The Bertz CT molecular complexity index is 597. The van der Waals surface area contributed by atoms with Gasteiger partial charge in [0, 0.05) is 0 Å². The van der Waals surface area contributed by atoms with Gasteiger partial charge in [-0.1, -0.05) is 18.2 Å². The van der Waals surface area contributed by atoms with Gasteiger partial charge in [-0.2, -0.15) is 9.89 Å². The van der Waals surface area contributed by atoms with Gasteiger partial charge in [0.2, 0.25) is 0 Å². The van der Waals surface area contributed by atoms with E-state index in [-0.39, 0.29) is 11.3 Å². The van der Waals surface area contributed by atoms with Crippen molar-refractivity contribution in [1.29, 1.82) is 0 Å². The van der Waals surface area contributed by atoms with E-state index in [1.807, 2.05) is 0 Å². The number of halogens is 3. The molecule has 0 unspecified atom stereocenters. The Morgan fingerprint density at radius 2 is 1.95 bits per heavy atom. The van der Waals surface area contributed by atoms with E-state index in [9.17, 15) is 18.0 Å². The minimum absolute atomic E-state index is 0.0447. The molecule has 1 aromatic heterocycles. The summed E-state index contributed by atoms with van der Waals surface area (Å²) in [6, 6.07) is 7.46. The highest BCUT2D eigenvalue weighted by Crippen LogP contribution is 2.24. The lowest BCUT2D eigenvalue weighted by atomic mass is 10.3. The van der Waals surface area contributed by atoms with Crippen LogP contribution in [0.5, 0.6) is 0 Å². The number of alkyl halides is 3. The van der Waals surface area contributed by atoms with Gasteiger partial charge in [0.1, 0.15) is 0 Å². The maximum absolute atomic E-state index is 12.4. The maximum Gasteiger partial charge on any atom is 0.545 e. The number of hydrogen-bond acceptors (Lipinski definition) is 4. The molecular weight excluding hydrogens is 277 g/mol. The molecule has 0 spiro atoms. The fourth-order valence-electron chi connectivity index (χ4n) is 1.41. The molecule has 0 atom stereocenters. The molecule has 0 bridgehead atoms. The quantitative estimate of drug-likeness (QED) is 0.868. The Labute approximate surface area is 111 Å². The molecule has 1 heterocycles. The summed E-state index contributed by atoms with van der Waals surface area (Å²) in [5.41, 5.74) is 5.05. The molecule has 2 rings (SSSR count). The number of anilines is 1. The number of rotatable bonds is 4. The largest absolute Gasteiger partial charge is 0.545 e. The van der Waals surface area contributed by atoms with Gasteiger partial charge < -0.3 is 5.73 Å². The second-order valence-corrected chi connectivity index (χ2v) is 3.66. The van der Waals surface area contributed by atoms with Crippen LogP contribution in [-0.4, -0.2) is 22.2 Å². The molecule has 0 aliphatic carbocycles. The lowest BCUT2D eigenvalue weighted by Crippen LogP contribution is -2.36. The molecule has 0 saturated carbocycles. The van der Waals surface area contributed by atoms with Gasteiger partial charge in [-0.05, 0) is 12.1 Å². The molecule has 0 aliphatic heterocycles. The van der Waals surface area contributed by atoms with Crippen LogP contribution in [-0.2, 0) is 4.84 Å². The minimum Gasteiger partial charge on any atom is -0.365 e. The number of nitrogens with zero attached hydrogens (tertiary/aromatic N) is 3. The van der Waals surface area contributed by atoms with E-state index in [0.717, 1.165) is 17.2 Å². The van der Waals surface area contributed by atoms with Gasteiger partial charge in [-0.15, -0.1) is 23.2 Å². The van der Waals surface area contributed by atoms with Gasteiger partial charge >= 0.3 is 6.36 Å². The van der Waals surface area contributed by atoms with Crippen LogP contribution in [0.15, 0.2) is 42.7 Å². The Morgan fingerprint density at radius 3 is 2.45 bits per heavy atom. The zero-order chi connectivity index (χ0) is 14.8. The Balaban J connectivity index is 2.38. The summed E-state index contributed by atoms with van der Waals surface area (Å²) >= 11 is 0. The highest BCUT2D eigenvalue weighted by atomic mass is 19.4. The lowest BCUT2D eigenvalue weighted by Gasteiger charge is -2.23. The number of primary amides is 1. The number of para-hydroxylation sites is 1. The zero-order valence-electron chi connectivity index (χ0n) is 9.91. The lowest BCUT2D eigenvalue weighted by molar-refractivity contribution is -0.335. The first kappa shape index (κ1) is 13.9. The smallest absolute Gasteiger partial charge is 0.365 e. The topological polar surface area (TPSA) is 73.4 Å². The number of benzene rings is 1. The number of amides is 1. The third-order valence-corrected chi connectivity index (χ3v) is 2.21. The van der Waals surface area contributed by atoms with Crippen LogP contribution < -0.4 is 10.9 Å². The average Bonchev–Trinajstić information content (AvgIpc) is 2.85. The van der Waals surface area contributed by atoms with Crippen molar-refractivity contribution >= 4 is 11.6 Å². The van der Waals surface area contributed by atoms with Gasteiger partial charge in [0.05, 0.1) is 23.6 Å². The zero-order valence-corrected chi connectivity index (χ0v) is 9.91. The Hall–Kier alpha value is -2.55. The highest BCUT2D eigenvalue weighted by molar-refractivity contribution is 5.92. The van der Waals surface area contributed by atoms with E-state index in [1.165, 1.54) is 24.3 Å². The number of carbonyl (C=O) groups excluding carboxylic acids is 1. The van der Waals surface area contributed by atoms with Crippen molar-refractivity contribution in [2.45, 2.75) is 6.36 Å². The number of carbonyl (C=O) groups is 1. The molecule has 1 aromatic carbocycles. The fraction of sp³-hybridized carbons (Fsp3) is 0.0909. The van der Waals surface area contributed by atoms with E-state index in [4.69, 9.17) is 5.73 Å². The van der Waals surface area contributed by atoms with Crippen LogP contribution in [0, 0.1) is 0 Å². The SMILES string of the molecule is NC(=O)c1cnn(N(OC(F)(F)F)c2ccccc2)c1. The van der Waals surface area contributed by atoms with Crippen molar-refractivity contribution < 1.29 is 22.8 Å². The van der Waals surface area contributed by atoms with Crippen LogP contribution >= 0.6 is 0 Å². The van der Waals surface area contributed by atoms with Gasteiger partial charge in [0.25, 0.3) is 5.91 Å². The van der Waals surface area contributed by atoms with Gasteiger partial charge in [0.15, 0.2) is 0 Å². The first-order valence-corrected chi connectivity index (χ1v) is 5.32. The molecule has 0 aliphatic rings. The van der Waals surface area contributed by atoms with Crippen molar-refractivity contribution in [1.82, 2.24) is 9.89 Å². The molecule has 106 valence electrons. The molecule has 1 amide bonds. The molecule has 0 fully saturated rings. The first-order chi connectivity index (χ1) is 9.37. The second-order valence-electron chi connectivity index (χ2n) is 3.66. The number of nitrogens with two attached hydrogens (primary N) is 1. The molecule has 2 aromatic rings. The summed E-state index contributed by atoms with van der Waals surface area (Å²) < 4.78 is 37.3. The number of aromatic nitrogens is 2. The summed E-state index contributed by atoms with van der Waals surface area (Å²) in [4.78, 5) is 15.6. The van der Waals surface area contributed by atoms with E-state index in [1.54, 1.807) is 6.07 Å². The standard InChI is InChI=1S/C11H9F3N4O2/c12-11(13,14)20-18(9-4-2-1-3-5-9)17-7-8(6-16-17)10(15)19/h1-7H,(H2,15,19). The molecule has 0 radical (unpaired) electrons. The molecule has 6 nitrogen and oxygen atoms in total. The van der Waals surface area contributed by atoms with Crippen molar-refractivity contribution in [3.05, 3.63) is 48.3 Å². The molecular formula is C11H9F3N4O2. The molecule has 0 saturated heterocycles. The van der Waals surface area contributed by atoms with Crippen molar-refractivity contribution in [2.75, 3.05) is 5.17 Å². The average molecular weight is 286 g/mol. The number of hydrogen-bond donors (Lipinski definition) is 1. The van der Waals surface area contributed by atoms with Crippen LogP contribution in [0.2, 0.25) is 0 Å². The van der Waals surface area contributed by atoms with E-state index >= 15 is 0 Å². The Morgan fingerprint density at radius 1 is 1.30 bits per heavy atom. The van der Waals surface area contributed by atoms with Crippen LogP contribution in [0.25, 0.3) is 0 Å². The molecule has 9 heteroatoms. The molecule has 20 heavy (non-hydrogen) atoms. The maximum atomic E-state index is 12.4. The Kier molecular flexibility index (Phi) is 3.61. The van der Waals surface area contributed by atoms with Crippen molar-refractivity contribution in [3.63, 3.8) is 0 Å². The summed E-state index contributed by atoms with van der Waals surface area (Å²) in [6.45, 7) is 0. The van der Waals surface area contributed by atoms with Crippen molar-refractivity contribution in [3.8, 4) is 0 Å². The summed E-state index contributed by atoms with van der Waals surface area (Å²) in [5, 5.41) is 4.01. The predicted octanol–water partition coefficient (Wildman–Crippen LogP) is 1.70. The highest BCUT2D eigenvalue weighted by Gasteiger charge is 2.35. The third-order valence-electron chi connectivity index (χ3n) is 2.21. The first-order valence-electron chi connectivity index (χ1n) is 5.32. The van der Waals surface area contributed by atoms with Gasteiger partial charge in [-0.3, -0.25) is 4.79 Å². The van der Waals surface area contributed by atoms with E-state index < -0.39 is 12.3 Å². The van der Waals surface area contributed by atoms with Crippen LogP contribution in [0.4, 0.5) is 18.9 Å². The van der Waals surface area contributed by atoms with Crippen molar-refractivity contribution in [2.24, 2.45) is 5.73 Å². The van der Waals surface area contributed by atoms with Crippen LogP contribution in [0.3, 0.4) is 0 Å². The van der Waals surface area contributed by atoms with Crippen LogP contribution in [0.1, 0.15) is 10.4 Å². The molecule has 2 N–H and O–H groups in total. The second kappa shape index (κ2) is 5.21. The monoisotopic (exact) mass is 286 g/mol. The van der Waals surface area contributed by atoms with Gasteiger partial charge in [-0.25, -0.2) is 0 Å². The predicted molar refractivity (Wildman–Crippen MR) is 62.2 cm³/mol. The normalized spacial score (nSPS) is 11.3. The van der Waals surface area contributed by atoms with E-state index in [0.29, 0.717) is 5.17 Å². The minimum atomic E-state index is -4.92. The summed E-state index contributed by atoms with van der Waals surface area (Å²) in [5.74, 6) is -0.809.